The van der Waals surface area contributed by atoms with Gasteiger partial charge in [-0.2, -0.15) is 0 Å². The first-order valence-corrected chi connectivity index (χ1v) is 5.49. The van der Waals surface area contributed by atoms with Crippen LogP contribution in [0.2, 0.25) is 0 Å². The Kier molecular flexibility index (Phi) is 4.39. The van der Waals surface area contributed by atoms with Crippen LogP contribution < -0.4 is 5.32 Å². The molecule has 0 aromatic carbocycles. The van der Waals surface area contributed by atoms with E-state index >= 15 is 0 Å². The van der Waals surface area contributed by atoms with E-state index in [2.05, 4.69) is 24.3 Å². The first-order chi connectivity index (χ1) is 6.63. The van der Waals surface area contributed by atoms with E-state index < -0.39 is 0 Å². The number of nitrogens with one attached hydrogen (secondary N) is 1. The molecular weight excluding hydrogens is 176 g/mol. The van der Waals surface area contributed by atoms with Crippen LogP contribution >= 0.6 is 0 Å². The summed E-state index contributed by atoms with van der Waals surface area (Å²) in [6, 6.07) is 0. The van der Waals surface area contributed by atoms with Gasteiger partial charge in [0.2, 0.25) is 5.91 Å². The Bertz CT molecular complexity index is 184. The molecule has 1 rings (SSSR count). The van der Waals surface area contributed by atoms with Crippen LogP contribution in [0.1, 0.15) is 25.7 Å². The third-order valence-electron chi connectivity index (χ3n) is 3.09. The third kappa shape index (κ3) is 3.29. The zero-order valence-electron chi connectivity index (χ0n) is 9.55. The van der Waals surface area contributed by atoms with Crippen LogP contribution in [-0.2, 0) is 4.79 Å². The number of hydrogen-bond donors (Lipinski definition) is 1. The van der Waals surface area contributed by atoms with Crippen LogP contribution in [0, 0.1) is 11.8 Å². The molecule has 82 valence electrons. The zero-order valence-corrected chi connectivity index (χ0v) is 9.55. The maximum Gasteiger partial charge on any atom is 0.222 e. The standard InChI is InChI=1S/C11H22N2O/c1-12-11(14)10-6-4-9(5-7-10)8-13(2)3/h9-10H,4-8H2,1-3H3,(H,12,14). The van der Waals surface area contributed by atoms with Crippen molar-refractivity contribution < 1.29 is 4.79 Å². The Labute approximate surface area is 86.9 Å². The SMILES string of the molecule is CNC(=O)C1CCC(CN(C)C)CC1. The number of hydrogen-bond acceptors (Lipinski definition) is 2. The van der Waals surface area contributed by atoms with E-state index in [1.807, 2.05) is 0 Å². The zero-order chi connectivity index (χ0) is 10.6. The summed E-state index contributed by atoms with van der Waals surface area (Å²) in [6.07, 6.45) is 4.54. The van der Waals surface area contributed by atoms with Gasteiger partial charge >= 0.3 is 0 Å². The second-order valence-electron chi connectivity index (χ2n) is 4.59. The molecule has 3 heteroatoms. The minimum absolute atomic E-state index is 0.230. The summed E-state index contributed by atoms with van der Waals surface area (Å²) in [4.78, 5) is 13.6. The van der Waals surface area contributed by atoms with E-state index in [-0.39, 0.29) is 11.8 Å². The lowest BCUT2D eigenvalue weighted by Crippen LogP contribution is -2.32. The molecule has 0 aromatic rings. The molecule has 0 aliphatic heterocycles. The predicted octanol–water partition coefficient (Wildman–Crippen LogP) is 1.10. The smallest absolute Gasteiger partial charge is 0.222 e. The minimum atomic E-state index is 0.230. The molecule has 1 N–H and O–H groups in total. The molecule has 14 heavy (non-hydrogen) atoms. The average molecular weight is 198 g/mol. The fourth-order valence-corrected chi connectivity index (χ4v) is 2.33. The van der Waals surface area contributed by atoms with E-state index in [1.165, 1.54) is 19.4 Å². The van der Waals surface area contributed by atoms with Crippen molar-refractivity contribution in [3.05, 3.63) is 0 Å². The van der Waals surface area contributed by atoms with Gasteiger partial charge in [-0.1, -0.05) is 0 Å². The largest absolute Gasteiger partial charge is 0.359 e. The Balaban J connectivity index is 2.27. The lowest BCUT2D eigenvalue weighted by atomic mass is 9.81. The van der Waals surface area contributed by atoms with Crippen molar-refractivity contribution in [3.8, 4) is 0 Å². The molecule has 0 unspecified atom stereocenters. The molecule has 3 nitrogen and oxygen atoms in total. The number of carbonyl (C=O) groups excluding carboxylic acids is 1. The first-order valence-electron chi connectivity index (χ1n) is 5.49. The van der Waals surface area contributed by atoms with E-state index in [1.54, 1.807) is 7.05 Å². The molecule has 0 aromatic heterocycles. The monoisotopic (exact) mass is 198 g/mol. The summed E-state index contributed by atoms with van der Waals surface area (Å²) < 4.78 is 0. The van der Waals surface area contributed by atoms with Gasteiger partial charge < -0.3 is 10.2 Å². The van der Waals surface area contributed by atoms with Crippen LogP contribution in [-0.4, -0.2) is 38.5 Å². The van der Waals surface area contributed by atoms with Crippen LogP contribution in [0.3, 0.4) is 0 Å². The van der Waals surface area contributed by atoms with Crippen LogP contribution in [0.4, 0.5) is 0 Å². The van der Waals surface area contributed by atoms with E-state index in [0.29, 0.717) is 0 Å². The highest BCUT2D eigenvalue weighted by Crippen LogP contribution is 2.28. The Morgan fingerprint density at radius 1 is 1.29 bits per heavy atom. The fourth-order valence-electron chi connectivity index (χ4n) is 2.33. The molecule has 0 saturated heterocycles. The molecule has 1 aliphatic carbocycles. The summed E-state index contributed by atoms with van der Waals surface area (Å²) in [6.45, 7) is 1.17. The van der Waals surface area contributed by atoms with Gasteiger partial charge in [-0.05, 0) is 45.7 Å². The molecule has 1 aliphatic rings. The normalized spacial score (nSPS) is 27.7. The number of nitrogens with zero attached hydrogens (tertiary/aromatic N) is 1. The topological polar surface area (TPSA) is 32.3 Å². The summed E-state index contributed by atoms with van der Waals surface area (Å²) >= 11 is 0. The van der Waals surface area contributed by atoms with Crippen molar-refractivity contribution in [2.75, 3.05) is 27.7 Å². The van der Waals surface area contributed by atoms with Crippen molar-refractivity contribution in [2.45, 2.75) is 25.7 Å². The van der Waals surface area contributed by atoms with Crippen molar-refractivity contribution in [2.24, 2.45) is 11.8 Å². The van der Waals surface area contributed by atoms with Gasteiger partial charge in [0.15, 0.2) is 0 Å². The van der Waals surface area contributed by atoms with Crippen LogP contribution in [0.5, 0.6) is 0 Å². The number of rotatable bonds is 3. The lowest BCUT2D eigenvalue weighted by Gasteiger charge is -2.29. The Morgan fingerprint density at radius 3 is 2.29 bits per heavy atom. The molecule has 0 heterocycles. The van der Waals surface area contributed by atoms with Gasteiger partial charge in [-0.3, -0.25) is 4.79 Å². The van der Waals surface area contributed by atoms with E-state index in [0.717, 1.165) is 18.8 Å². The van der Waals surface area contributed by atoms with Crippen molar-refractivity contribution in [3.63, 3.8) is 0 Å². The van der Waals surface area contributed by atoms with Crippen molar-refractivity contribution in [1.82, 2.24) is 10.2 Å². The Hall–Kier alpha value is -0.570. The quantitative estimate of drug-likeness (QED) is 0.736. The number of amides is 1. The van der Waals surface area contributed by atoms with Crippen molar-refractivity contribution in [1.29, 1.82) is 0 Å². The molecule has 0 atom stereocenters. The molecule has 1 fully saturated rings. The van der Waals surface area contributed by atoms with Gasteiger partial charge in [0, 0.05) is 19.5 Å². The van der Waals surface area contributed by atoms with Gasteiger partial charge in [0.1, 0.15) is 0 Å². The highest BCUT2D eigenvalue weighted by molar-refractivity contribution is 5.78. The van der Waals surface area contributed by atoms with Crippen LogP contribution in [0.25, 0.3) is 0 Å². The van der Waals surface area contributed by atoms with Gasteiger partial charge in [0.25, 0.3) is 0 Å². The minimum Gasteiger partial charge on any atom is -0.359 e. The number of carbonyl (C=O) groups is 1. The third-order valence-corrected chi connectivity index (χ3v) is 3.09. The highest BCUT2D eigenvalue weighted by atomic mass is 16.1. The molecule has 1 amide bonds. The van der Waals surface area contributed by atoms with Gasteiger partial charge in [0.05, 0.1) is 0 Å². The second kappa shape index (κ2) is 5.35. The molecule has 1 saturated carbocycles. The summed E-state index contributed by atoms with van der Waals surface area (Å²) in [7, 11) is 5.96. The summed E-state index contributed by atoms with van der Waals surface area (Å²) in [5, 5.41) is 2.74. The Morgan fingerprint density at radius 2 is 1.86 bits per heavy atom. The lowest BCUT2D eigenvalue weighted by molar-refractivity contribution is -0.125. The first kappa shape index (κ1) is 11.5. The van der Waals surface area contributed by atoms with Gasteiger partial charge in [-0.15, -0.1) is 0 Å². The second-order valence-corrected chi connectivity index (χ2v) is 4.59. The summed E-state index contributed by atoms with van der Waals surface area (Å²) in [5.41, 5.74) is 0. The summed E-state index contributed by atoms with van der Waals surface area (Å²) in [5.74, 6) is 1.30. The highest BCUT2D eigenvalue weighted by Gasteiger charge is 2.25. The predicted molar refractivity (Wildman–Crippen MR) is 58.1 cm³/mol. The maximum atomic E-state index is 11.4. The molecule has 0 radical (unpaired) electrons. The molecule has 0 bridgehead atoms. The average Bonchev–Trinajstić information content (AvgIpc) is 2.17. The molecular formula is C11H22N2O. The fraction of sp³-hybridized carbons (Fsp3) is 0.909. The van der Waals surface area contributed by atoms with E-state index in [9.17, 15) is 4.79 Å². The van der Waals surface area contributed by atoms with Crippen molar-refractivity contribution >= 4 is 5.91 Å². The maximum absolute atomic E-state index is 11.4. The van der Waals surface area contributed by atoms with E-state index in [4.69, 9.17) is 0 Å². The van der Waals surface area contributed by atoms with Gasteiger partial charge in [-0.25, -0.2) is 0 Å². The molecule has 0 spiro atoms. The van der Waals surface area contributed by atoms with Crippen LogP contribution in [0.15, 0.2) is 0 Å².